The Morgan fingerprint density at radius 3 is 2.20 bits per heavy atom. The molecule has 1 unspecified atom stereocenters. The topological polar surface area (TPSA) is 15.3 Å². The van der Waals surface area contributed by atoms with E-state index in [9.17, 15) is 0 Å². The van der Waals surface area contributed by atoms with Gasteiger partial charge in [0.1, 0.15) is 0 Å². The minimum atomic E-state index is -2.89. The number of halogens is 1. The van der Waals surface area contributed by atoms with E-state index in [1.54, 1.807) is 54.6 Å². The molecule has 1 atom stereocenters. The third-order valence-corrected chi connectivity index (χ3v) is 3.29. The maximum Gasteiger partial charge on any atom is 0.0602 e. The van der Waals surface area contributed by atoms with Gasteiger partial charge >= 0.3 is 0 Å². The Bertz CT molecular complexity index is 816. The van der Waals surface area contributed by atoms with E-state index >= 15 is 0 Å². The summed E-state index contributed by atoms with van der Waals surface area (Å²) in [6.45, 7) is -11.5. The molecule has 20 heavy (non-hydrogen) atoms. The molecule has 0 amide bonds. The number of nitrogens with one attached hydrogen (secondary N) is 1. The van der Waals surface area contributed by atoms with E-state index in [0.29, 0.717) is 21.0 Å². The zero-order valence-electron chi connectivity index (χ0n) is 18.6. The van der Waals surface area contributed by atoms with E-state index < -0.39 is 32.0 Å². The quantitative estimate of drug-likeness (QED) is 0.934. The summed E-state index contributed by atoms with van der Waals surface area (Å²) >= 11 is 5.96. The van der Waals surface area contributed by atoms with Crippen LogP contribution in [-0.2, 0) is 0 Å². The molecule has 1 aliphatic heterocycles. The summed E-state index contributed by atoms with van der Waals surface area (Å²) in [4.78, 5) is 0.634. The van der Waals surface area contributed by atoms with Crippen LogP contribution in [0.1, 0.15) is 28.1 Å². The Hall–Kier alpha value is -1.35. The van der Waals surface area contributed by atoms with Gasteiger partial charge in [-0.2, -0.15) is 0 Å². The summed E-state index contributed by atoms with van der Waals surface area (Å²) in [5.74, 6) is 0. The first-order chi connectivity index (χ1) is 12.8. The third kappa shape index (κ3) is 3.04. The predicted molar refractivity (Wildman–Crippen MR) is 84.2 cm³/mol. The van der Waals surface area contributed by atoms with Gasteiger partial charge in [-0.05, 0) is 23.3 Å². The molecule has 2 nitrogen and oxygen atoms in total. The van der Waals surface area contributed by atoms with Crippen LogP contribution < -0.4 is 5.32 Å². The van der Waals surface area contributed by atoms with Crippen molar-refractivity contribution >= 4 is 11.6 Å². The molecule has 0 radical (unpaired) electrons. The molecule has 1 fully saturated rings. The average Bonchev–Trinajstić information content (AvgIpc) is 2.59. The summed E-state index contributed by atoms with van der Waals surface area (Å²) in [6, 6.07) is 13.7. The lowest BCUT2D eigenvalue weighted by Gasteiger charge is -2.35. The summed E-state index contributed by atoms with van der Waals surface area (Å²) in [5.41, 5.74) is 0.947. The van der Waals surface area contributed by atoms with Crippen LogP contribution >= 0.6 is 11.6 Å². The summed E-state index contributed by atoms with van der Waals surface area (Å²) < 4.78 is 65.9. The molecule has 1 heterocycles. The van der Waals surface area contributed by atoms with Crippen LogP contribution in [0.25, 0.3) is 0 Å². The van der Waals surface area contributed by atoms with E-state index in [1.165, 1.54) is 0 Å². The van der Waals surface area contributed by atoms with Crippen LogP contribution in [0, 0.1) is 0 Å². The molecule has 3 heteroatoms. The maximum absolute atomic E-state index is 8.41. The SMILES string of the molecule is [2H]C1([2H])NC([2H])([2H])C([2H])([2H])N(C(c2ccccc2)c2ccc(Cl)cc2)C1([2H])[2H]. The average molecular weight is 295 g/mol. The number of benzene rings is 2. The molecule has 0 saturated carbocycles. The van der Waals surface area contributed by atoms with Crippen LogP contribution in [0.15, 0.2) is 54.6 Å². The highest BCUT2D eigenvalue weighted by atomic mass is 35.5. The molecule has 1 aliphatic rings. The summed E-state index contributed by atoms with van der Waals surface area (Å²) in [7, 11) is 0. The van der Waals surface area contributed by atoms with Crippen LogP contribution in [-0.4, -0.2) is 30.9 Å². The minimum Gasteiger partial charge on any atom is -0.314 e. The van der Waals surface area contributed by atoms with Crippen LogP contribution in [0.4, 0.5) is 0 Å². The molecule has 0 aromatic heterocycles. The lowest BCUT2D eigenvalue weighted by molar-refractivity contribution is 0.198. The van der Waals surface area contributed by atoms with Crippen molar-refractivity contribution in [1.29, 1.82) is 0 Å². The van der Waals surface area contributed by atoms with E-state index in [4.69, 9.17) is 22.6 Å². The molecule has 0 bridgehead atoms. The predicted octanol–water partition coefficient (Wildman–Crippen LogP) is 3.33. The van der Waals surface area contributed by atoms with E-state index in [2.05, 4.69) is 0 Å². The Labute approximate surface area is 136 Å². The van der Waals surface area contributed by atoms with Crippen molar-refractivity contribution in [2.75, 3.05) is 26.0 Å². The minimum absolute atomic E-state index is 0.438. The standard InChI is InChI=1S/C17H19ClN2/c18-16-8-6-15(7-9-16)17(14-4-2-1-3-5-14)20-12-10-19-11-13-20/h1-9,17,19H,10-13H2/i10D2,11D2,12D2,13D2. The van der Waals surface area contributed by atoms with Crippen molar-refractivity contribution in [2.24, 2.45) is 0 Å². The van der Waals surface area contributed by atoms with Gasteiger partial charge in [0, 0.05) is 42.0 Å². The van der Waals surface area contributed by atoms with Gasteiger partial charge in [-0.25, -0.2) is 0 Å². The number of hydrogen-bond acceptors (Lipinski definition) is 2. The van der Waals surface area contributed by atoms with Crippen LogP contribution in [0.5, 0.6) is 0 Å². The monoisotopic (exact) mass is 294 g/mol. The second-order valence-electron chi connectivity index (χ2n) is 4.33. The Morgan fingerprint density at radius 2 is 1.55 bits per heavy atom. The van der Waals surface area contributed by atoms with E-state index in [1.807, 2.05) is 5.32 Å². The third-order valence-electron chi connectivity index (χ3n) is 3.04. The normalized spacial score (nSPS) is 33.9. The van der Waals surface area contributed by atoms with Crippen molar-refractivity contribution in [3.63, 3.8) is 0 Å². The fraction of sp³-hybridized carbons (Fsp3) is 0.294. The van der Waals surface area contributed by atoms with Crippen LogP contribution in [0.3, 0.4) is 0 Å². The van der Waals surface area contributed by atoms with Gasteiger partial charge in [-0.15, -0.1) is 0 Å². The second-order valence-corrected chi connectivity index (χ2v) is 4.77. The van der Waals surface area contributed by atoms with Gasteiger partial charge in [-0.3, -0.25) is 4.90 Å². The van der Waals surface area contributed by atoms with Gasteiger partial charge in [0.15, 0.2) is 0 Å². The molecular formula is C17H19ClN2. The largest absolute Gasteiger partial charge is 0.314 e. The van der Waals surface area contributed by atoms with Gasteiger partial charge in [0.2, 0.25) is 0 Å². The fourth-order valence-electron chi connectivity index (χ4n) is 2.14. The number of piperazine rings is 1. The molecule has 0 aliphatic carbocycles. The van der Waals surface area contributed by atoms with Gasteiger partial charge in [0.25, 0.3) is 0 Å². The lowest BCUT2D eigenvalue weighted by atomic mass is 9.96. The van der Waals surface area contributed by atoms with Gasteiger partial charge in [-0.1, -0.05) is 54.1 Å². The molecule has 0 spiro atoms. The van der Waals surface area contributed by atoms with E-state index in [0.717, 1.165) is 0 Å². The Morgan fingerprint density at radius 1 is 0.950 bits per heavy atom. The van der Waals surface area contributed by atoms with Crippen molar-refractivity contribution < 1.29 is 11.0 Å². The smallest absolute Gasteiger partial charge is 0.0602 e. The highest BCUT2D eigenvalue weighted by Crippen LogP contribution is 2.29. The Balaban J connectivity index is 2.28. The van der Waals surface area contributed by atoms with Crippen molar-refractivity contribution in [3.05, 3.63) is 70.7 Å². The van der Waals surface area contributed by atoms with Crippen LogP contribution in [0.2, 0.25) is 5.02 Å². The number of rotatable bonds is 3. The molecular weight excluding hydrogens is 268 g/mol. The molecule has 3 rings (SSSR count). The molecule has 1 saturated heterocycles. The summed E-state index contributed by atoms with van der Waals surface area (Å²) in [5, 5.41) is 2.30. The Kier molecular flexibility index (Phi) is 2.27. The highest BCUT2D eigenvalue weighted by Gasteiger charge is 2.23. The zero-order chi connectivity index (χ0) is 21.0. The first kappa shape index (κ1) is 7.08. The van der Waals surface area contributed by atoms with Crippen molar-refractivity contribution in [2.45, 2.75) is 6.04 Å². The zero-order valence-corrected chi connectivity index (χ0v) is 11.4. The first-order valence-electron chi connectivity index (χ1n) is 10.2. The van der Waals surface area contributed by atoms with E-state index in [-0.39, 0.29) is 0 Å². The first-order valence-corrected chi connectivity index (χ1v) is 6.58. The fourth-order valence-corrected chi connectivity index (χ4v) is 2.26. The van der Waals surface area contributed by atoms with Gasteiger partial charge in [0.05, 0.1) is 6.04 Å². The van der Waals surface area contributed by atoms with Crippen molar-refractivity contribution in [1.82, 2.24) is 10.2 Å². The number of nitrogens with zero attached hydrogens (tertiary/aromatic N) is 1. The second kappa shape index (κ2) is 6.40. The highest BCUT2D eigenvalue weighted by molar-refractivity contribution is 6.30. The molecule has 2 aromatic rings. The lowest BCUT2D eigenvalue weighted by Crippen LogP contribution is -2.45. The summed E-state index contributed by atoms with van der Waals surface area (Å²) in [6.07, 6.45) is 0. The van der Waals surface area contributed by atoms with Gasteiger partial charge < -0.3 is 5.32 Å². The number of hydrogen-bond donors (Lipinski definition) is 1. The van der Waals surface area contributed by atoms with Crippen molar-refractivity contribution in [3.8, 4) is 0 Å². The molecule has 104 valence electrons. The molecule has 1 N–H and O–H groups in total. The maximum atomic E-state index is 8.41. The molecule has 2 aromatic carbocycles.